The summed E-state index contributed by atoms with van der Waals surface area (Å²) < 4.78 is 0. The molecule has 0 aliphatic rings. The first-order valence-corrected chi connectivity index (χ1v) is 1.97. The minimum absolute atomic E-state index is 0.0958. The van der Waals surface area contributed by atoms with E-state index in [0.29, 0.717) is 0 Å². The maximum atomic E-state index is 9.56. The summed E-state index contributed by atoms with van der Waals surface area (Å²) in [7, 11) is 0. The van der Waals surface area contributed by atoms with Crippen LogP contribution in [0.4, 0.5) is 0 Å². The van der Waals surface area contributed by atoms with Crippen LogP contribution in [0.3, 0.4) is 0 Å². The van der Waals surface area contributed by atoms with E-state index >= 15 is 0 Å². The highest BCUT2D eigenvalue weighted by atomic mass is 16.5. The molecule has 8 heavy (non-hydrogen) atoms. The first kappa shape index (κ1) is 7.26. The Morgan fingerprint density at radius 3 is 2.00 bits per heavy atom. The third kappa shape index (κ3) is 2.44. The second-order valence-electron chi connectivity index (χ2n) is 1.37. The van der Waals surface area contributed by atoms with E-state index < -0.39 is 12.2 Å². The lowest BCUT2D eigenvalue weighted by atomic mass is 10.2. The number of hydrogen-bond acceptors (Lipinski definition) is 4. The monoisotopic (exact) mass is 118 g/mol. The molecule has 0 fully saturated rings. The van der Waals surface area contributed by atoms with E-state index in [9.17, 15) is 9.59 Å². The fourth-order valence-electron chi connectivity index (χ4n) is 0.171. The molecule has 0 aliphatic heterocycles. The van der Waals surface area contributed by atoms with Crippen LogP contribution < -0.4 is 0 Å². The van der Waals surface area contributed by atoms with Crippen LogP contribution in [0.1, 0.15) is 6.42 Å². The molecule has 0 aromatic carbocycles. The number of aldehydes is 2. The SMILES string of the molecule is O=CCC(O)(O)C=O. The lowest BCUT2D eigenvalue weighted by Crippen LogP contribution is -2.29. The largest absolute Gasteiger partial charge is 0.360 e. The zero-order valence-corrected chi connectivity index (χ0v) is 4.07. The molecule has 0 aromatic rings. The van der Waals surface area contributed by atoms with Gasteiger partial charge < -0.3 is 15.0 Å². The first-order chi connectivity index (χ1) is 3.62. The summed E-state index contributed by atoms with van der Waals surface area (Å²) in [4.78, 5) is 19.1. The van der Waals surface area contributed by atoms with Gasteiger partial charge in [0, 0.05) is 0 Å². The van der Waals surface area contributed by atoms with Gasteiger partial charge in [0.1, 0.15) is 6.29 Å². The van der Waals surface area contributed by atoms with E-state index in [-0.39, 0.29) is 12.6 Å². The Bertz CT molecular complexity index is 96.2. The van der Waals surface area contributed by atoms with Crippen molar-refractivity contribution in [3.63, 3.8) is 0 Å². The summed E-state index contributed by atoms with van der Waals surface area (Å²) in [5, 5.41) is 16.6. The van der Waals surface area contributed by atoms with Crippen LogP contribution in [0.25, 0.3) is 0 Å². The molecule has 4 heteroatoms. The van der Waals surface area contributed by atoms with Crippen molar-refractivity contribution in [2.75, 3.05) is 0 Å². The molecule has 0 spiro atoms. The third-order valence-corrected chi connectivity index (χ3v) is 0.573. The van der Waals surface area contributed by atoms with Crippen LogP contribution in [0.15, 0.2) is 0 Å². The maximum Gasteiger partial charge on any atom is 0.227 e. The Morgan fingerprint density at radius 1 is 1.38 bits per heavy atom. The van der Waals surface area contributed by atoms with E-state index in [2.05, 4.69) is 0 Å². The normalized spacial score (nSPS) is 10.8. The van der Waals surface area contributed by atoms with Gasteiger partial charge in [-0.25, -0.2) is 0 Å². The molecule has 0 rings (SSSR count). The molecule has 0 bridgehead atoms. The van der Waals surface area contributed by atoms with Gasteiger partial charge in [0.15, 0.2) is 6.29 Å². The molecule has 4 nitrogen and oxygen atoms in total. The highest BCUT2D eigenvalue weighted by molar-refractivity contribution is 5.66. The predicted molar refractivity (Wildman–Crippen MR) is 23.9 cm³/mol. The van der Waals surface area contributed by atoms with Gasteiger partial charge in [-0.2, -0.15) is 0 Å². The van der Waals surface area contributed by atoms with Crippen LogP contribution in [0.5, 0.6) is 0 Å². The lowest BCUT2D eigenvalue weighted by Gasteiger charge is -2.07. The number of hydrogen-bond donors (Lipinski definition) is 2. The smallest absolute Gasteiger partial charge is 0.227 e. The van der Waals surface area contributed by atoms with Crippen LogP contribution in [-0.2, 0) is 9.59 Å². The molecular weight excluding hydrogens is 112 g/mol. The molecule has 0 atom stereocenters. The molecule has 0 unspecified atom stereocenters. The number of carbonyl (C=O) groups excluding carboxylic acids is 2. The minimum Gasteiger partial charge on any atom is -0.360 e. The molecule has 0 amide bonds. The highest BCUT2D eigenvalue weighted by Gasteiger charge is 2.19. The number of aliphatic hydroxyl groups is 2. The summed E-state index contributed by atoms with van der Waals surface area (Å²) >= 11 is 0. The van der Waals surface area contributed by atoms with Crippen molar-refractivity contribution in [2.45, 2.75) is 12.2 Å². The van der Waals surface area contributed by atoms with Crippen LogP contribution in [-0.4, -0.2) is 28.6 Å². The van der Waals surface area contributed by atoms with Crippen molar-refractivity contribution in [3.8, 4) is 0 Å². The molecule has 0 saturated carbocycles. The lowest BCUT2D eigenvalue weighted by molar-refractivity contribution is -0.171. The molecule has 0 radical (unpaired) electrons. The summed E-state index contributed by atoms with van der Waals surface area (Å²) in [6.45, 7) is 0. The van der Waals surface area contributed by atoms with Crippen LogP contribution in [0, 0.1) is 0 Å². The van der Waals surface area contributed by atoms with Crippen molar-refractivity contribution >= 4 is 12.6 Å². The molecular formula is C4H6O4. The Hall–Kier alpha value is -0.740. The van der Waals surface area contributed by atoms with Crippen molar-refractivity contribution in [1.82, 2.24) is 0 Å². The van der Waals surface area contributed by atoms with Gasteiger partial charge in [-0.05, 0) is 0 Å². The highest BCUT2D eigenvalue weighted by Crippen LogP contribution is 1.96. The van der Waals surface area contributed by atoms with Gasteiger partial charge in [0.25, 0.3) is 0 Å². The van der Waals surface area contributed by atoms with Gasteiger partial charge >= 0.3 is 0 Å². The maximum absolute atomic E-state index is 9.56. The molecule has 0 saturated heterocycles. The fraction of sp³-hybridized carbons (Fsp3) is 0.500. The first-order valence-electron chi connectivity index (χ1n) is 1.97. The molecule has 0 aliphatic carbocycles. The second kappa shape index (κ2) is 2.54. The summed E-state index contributed by atoms with van der Waals surface area (Å²) in [5.41, 5.74) is 0. The Kier molecular flexibility index (Phi) is 2.30. The second-order valence-corrected chi connectivity index (χ2v) is 1.37. The number of rotatable bonds is 3. The van der Waals surface area contributed by atoms with Gasteiger partial charge in [0.05, 0.1) is 6.42 Å². The zero-order valence-electron chi connectivity index (χ0n) is 4.07. The van der Waals surface area contributed by atoms with Crippen molar-refractivity contribution in [3.05, 3.63) is 0 Å². The Morgan fingerprint density at radius 2 is 1.88 bits per heavy atom. The van der Waals surface area contributed by atoms with Gasteiger partial charge in [-0.1, -0.05) is 0 Å². The van der Waals surface area contributed by atoms with E-state index in [1.54, 1.807) is 0 Å². The van der Waals surface area contributed by atoms with Crippen molar-refractivity contribution in [2.24, 2.45) is 0 Å². The average molecular weight is 118 g/mol. The van der Waals surface area contributed by atoms with Crippen LogP contribution in [0.2, 0.25) is 0 Å². The van der Waals surface area contributed by atoms with Crippen molar-refractivity contribution < 1.29 is 19.8 Å². The van der Waals surface area contributed by atoms with Crippen molar-refractivity contribution in [1.29, 1.82) is 0 Å². The topological polar surface area (TPSA) is 74.6 Å². The molecule has 0 aromatic heterocycles. The fourth-order valence-corrected chi connectivity index (χ4v) is 0.171. The van der Waals surface area contributed by atoms with Gasteiger partial charge in [-0.15, -0.1) is 0 Å². The van der Waals surface area contributed by atoms with E-state index in [1.165, 1.54) is 0 Å². The summed E-state index contributed by atoms with van der Waals surface area (Å²) in [6.07, 6.45) is -0.410. The van der Waals surface area contributed by atoms with E-state index in [0.717, 1.165) is 0 Å². The molecule has 0 heterocycles. The average Bonchev–Trinajstić information content (AvgIpc) is 1.67. The predicted octanol–water partition coefficient (Wildman–Crippen LogP) is -1.54. The number of carbonyl (C=O) groups is 2. The zero-order chi connectivity index (χ0) is 6.62. The Labute approximate surface area is 45.7 Å². The standard InChI is InChI=1S/C4H6O4/c5-2-1-4(7,8)3-6/h2-3,7-8H,1H2. The summed E-state index contributed by atoms with van der Waals surface area (Å²) in [6, 6.07) is 0. The summed E-state index contributed by atoms with van der Waals surface area (Å²) in [5.74, 6) is -2.46. The quantitative estimate of drug-likeness (QED) is 0.347. The Balaban J connectivity index is 3.70. The minimum atomic E-state index is -2.46. The third-order valence-electron chi connectivity index (χ3n) is 0.573. The van der Waals surface area contributed by atoms with Gasteiger partial charge in [0.2, 0.25) is 5.79 Å². The van der Waals surface area contributed by atoms with E-state index in [1.807, 2.05) is 0 Å². The molecule has 2 N–H and O–H groups in total. The molecule has 46 valence electrons. The van der Waals surface area contributed by atoms with E-state index in [4.69, 9.17) is 10.2 Å². The van der Waals surface area contributed by atoms with Gasteiger partial charge in [-0.3, -0.25) is 4.79 Å². The van der Waals surface area contributed by atoms with Crippen LogP contribution >= 0.6 is 0 Å².